The average Bonchev–Trinajstić information content (AvgIpc) is 3.01. The van der Waals surface area contributed by atoms with E-state index < -0.39 is 0 Å². The molecule has 0 unspecified atom stereocenters. The lowest BCUT2D eigenvalue weighted by Crippen LogP contribution is -2.08. The number of ketones is 1. The Morgan fingerprint density at radius 1 is 1.00 bits per heavy atom. The van der Waals surface area contributed by atoms with E-state index in [1.54, 1.807) is 0 Å². The van der Waals surface area contributed by atoms with Gasteiger partial charge >= 0.3 is 0 Å². The molecule has 1 heterocycles. The van der Waals surface area contributed by atoms with Crippen molar-refractivity contribution in [3.8, 4) is 0 Å². The summed E-state index contributed by atoms with van der Waals surface area (Å²) in [4.78, 5) is 12.3. The van der Waals surface area contributed by atoms with Crippen LogP contribution in [0.4, 0.5) is 0 Å². The molecule has 0 aliphatic heterocycles. The lowest BCUT2D eigenvalue weighted by molar-refractivity contribution is 0.0974. The lowest BCUT2D eigenvalue weighted by Gasteiger charge is -2.06. The van der Waals surface area contributed by atoms with Gasteiger partial charge in [-0.15, -0.1) is 0 Å². The lowest BCUT2D eigenvalue weighted by atomic mass is 10.0. The quantitative estimate of drug-likeness (QED) is 0.630. The van der Waals surface area contributed by atoms with Crippen molar-refractivity contribution in [1.29, 1.82) is 0 Å². The summed E-state index contributed by atoms with van der Waals surface area (Å²) in [6.07, 6.45) is 3.31. The van der Waals surface area contributed by atoms with Gasteiger partial charge in [0.05, 0.1) is 5.69 Å². The molecule has 0 aliphatic rings. The topological polar surface area (TPSA) is 22.0 Å². The van der Waals surface area contributed by atoms with Gasteiger partial charge in [0, 0.05) is 19.2 Å². The van der Waals surface area contributed by atoms with Gasteiger partial charge in [-0.05, 0) is 41.8 Å². The predicted molar refractivity (Wildman–Crippen MR) is 86.7 cm³/mol. The Hall–Kier alpha value is -2.35. The molecule has 0 bridgehead atoms. The number of carbonyl (C=O) groups is 1. The SMILES string of the molecule is CCn1cccc1C(=O)CCc1ccc2ccccc2c1. The summed E-state index contributed by atoms with van der Waals surface area (Å²) in [5.41, 5.74) is 2.04. The third-order valence-corrected chi connectivity index (χ3v) is 3.91. The van der Waals surface area contributed by atoms with Crippen molar-refractivity contribution in [2.45, 2.75) is 26.3 Å². The Kier molecular flexibility index (Phi) is 3.87. The number of nitrogens with zero attached hydrogens (tertiary/aromatic N) is 1. The van der Waals surface area contributed by atoms with Gasteiger partial charge in [-0.3, -0.25) is 4.79 Å². The van der Waals surface area contributed by atoms with Crippen molar-refractivity contribution in [3.63, 3.8) is 0 Å². The van der Waals surface area contributed by atoms with E-state index in [1.807, 2.05) is 35.0 Å². The van der Waals surface area contributed by atoms with E-state index in [1.165, 1.54) is 16.3 Å². The molecule has 2 aromatic carbocycles. The maximum absolute atomic E-state index is 12.3. The average molecular weight is 277 g/mol. The second-order valence-electron chi connectivity index (χ2n) is 5.28. The van der Waals surface area contributed by atoms with Crippen LogP contribution in [0.5, 0.6) is 0 Å². The number of aryl methyl sites for hydroxylation is 2. The summed E-state index contributed by atoms with van der Waals surface area (Å²) in [5, 5.41) is 2.48. The number of fused-ring (bicyclic) bond motifs is 1. The molecule has 3 rings (SSSR count). The molecular weight excluding hydrogens is 258 g/mol. The van der Waals surface area contributed by atoms with Crippen molar-refractivity contribution >= 4 is 16.6 Å². The van der Waals surface area contributed by atoms with Crippen molar-refractivity contribution in [2.75, 3.05) is 0 Å². The third-order valence-electron chi connectivity index (χ3n) is 3.91. The van der Waals surface area contributed by atoms with Gasteiger partial charge in [0.25, 0.3) is 0 Å². The number of rotatable bonds is 5. The van der Waals surface area contributed by atoms with Crippen LogP contribution in [0, 0.1) is 0 Å². The number of hydrogen-bond acceptors (Lipinski definition) is 1. The van der Waals surface area contributed by atoms with Crippen LogP contribution in [0.2, 0.25) is 0 Å². The van der Waals surface area contributed by atoms with Gasteiger partial charge in [-0.25, -0.2) is 0 Å². The minimum absolute atomic E-state index is 0.218. The summed E-state index contributed by atoms with van der Waals surface area (Å²) in [7, 11) is 0. The fourth-order valence-electron chi connectivity index (χ4n) is 2.72. The Labute approximate surface area is 125 Å². The molecule has 106 valence electrons. The van der Waals surface area contributed by atoms with Crippen molar-refractivity contribution in [2.24, 2.45) is 0 Å². The van der Waals surface area contributed by atoms with Gasteiger partial charge in [0.1, 0.15) is 0 Å². The Balaban J connectivity index is 1.72. The second-order valence-corrected chi connectivity index (χ2v) is 5.28. The predicted octanol–water partition coefficient (Wildman–Crippen LogP) is 4.48. The minimum atomic E-state index is 0.218. The largest absolute Gasteiger partial charge is 0.345 e. The first kappa shape index (κ1) is 13.6. The van der Waals surface area contributed by atoms with Gasteiger partial charge in [-0.2, -0.15) is 0 Å². The molecule has 0 saturated carbocycles. The normalized spacial score (nSPS) is 10.9. The molecule has 21 heavy (non-hydrogen) atoms. The molecule has 0 radical (unpaired) electrons. The molecular formula is C19H19NO. The first-order chi connectivity index (χ1) is 10.3. The minimum Gasteiger partial charge on any atom is -0.345 e. The van der Waals surface area contributed by atoms with Crippen LogP contribution in [-0.4, -0.2) is 10.4 Å². The smallest absolute Gasteiger partial charge is 0.179 e. The van der Waals surface area contributed by atoms with Crippen molar-refractivity contribution in [3.05, 3.63) is 72.1 Å². The summed E-state index contributed by atoms with van der Waals surface area (Å²) < 4.78 is 2.00. The number of aromatic nitrogens is 1. The number of hydrogen-bond donors (Lipinski definition) is 0. The van der Waals surface area contributed by atoms with E-state index in [2.05, 4.69) is 37.3 Å². The molecule has 0 saturated heterocycles. The molecule has 0 fully saturated rings. The highest BCUT2D eigenvalue weighted by atomic mass is 16.1. The van der Waals surface area contributed by atoms with E-state index in [9.17, 15) is 4.79 Å². The zero-order chi connectivity index (χ0) is 14.7. The molecule has 0 amide bonds. The number of carbonyl (C=O) groups excluding carboxylic acids is 1. The zero-order valence-electron chi connectivity index (χ0n) is 12.3. The van der Waals surface area contributed by atoms with Crippen molar-refractivity contribution < 1.29 is 4.79 Å². The summed E-state index contributed by atoms with van der Waals surface area (Å²) in [6.45, 7) is 2.89. The van der Waals surface area contributed by atoms with Gasteiger partial charge in [0.2, 0.25) is 0 Å². The van der Waals surface area contributed by atoms with E-state index >= 15 is 0 Å². The fourth-order valence-corrected chi connectivity index (χ4v) is 2.72. The Morgan fingerprint density at radius 2 is 1.81 bits per heavy atom. The molecule has 1 aromatic heterocycles. The molecule has 2 nitrogen and oxygen atoms in total. The highest BCUT2D eigenvalue weighted by Gasteiger charge is 2.10. The standard InChI is InChI=1S/C19H19NO/c1-2-20-13-5-8-18(20)19(21)12-10-15-9-11-16-6-3-4-7-17(16)14-15/h3-9,11,13-14H,2,10,12H2,1H3. The molecule has 0 aliphatic carbocycles. The number of benzene rings is 2. The van der Waals surface area contributed by atoms with E-state index in [0.717, 1.165) is 18.7 Å². The fraction of sp³-hybridized carbons (Fsp3) is 0.211. The molecule has 0 spiro atoms. The highest BCUT2D eigenvalue weighted by Crippen LogP contribution is 2.17. The van der Waals surface area contributed by atoms with Crippen LogP contribution >= 0.6 is 0 Å². The maximum atomic E-state index is 12.3. The first-order valence-corrected chi connectivity index (χ1v) is 7.44. The number of Topliss-reactive ketones (excluding diaryl/α,β-unsaturated/α-hetero) is 1. The van der Waals surface area contributed by atoms with Crippen LogP contribution in [0.15, 0.2) is 60.8 Å². The Morgan fingerprint density at radius 3 is 2.62 bits per heavy atom. The molecule has 0 atom stereocenters. The third kappa shape index (κ3) is 2.89. The highest BCUT2D eigenvalue weighted by molar-refractivity contribution is 5.94. The van der Waals surface area contributed by atoms with E-state index in [-0.39, 0.29) is 5.78 Å². The van der Waals surface area contributed by atoms with E-state index in [0.29, 0.717) is 6.42 Å². The van der Waals surface area contributed by atoms with E-state index in [4.69, 9.17) is 0 Å². The van der Waals surface area contributed by atoms with Crippen LogP contribution < -0.4 is 0 Å². The van der Waals surface area contributed by atoms with Gasteiger partial charge in [0.15, 0.2) is 5.78 Å². The summed E-state index contributed by atoms with van der Waals surface area (Å²) in [6, 6.07) is 18.6. The Bertz CT molecular complexity index is 770. The summed E-state index contributed by atoms with van der Waals surface area (Å²) in [5.74, 6) is 0.218. The van der Waals surface area contributed by atoms with Crippen LogP contribution in [0.25, 0.3) is 10.8 Å². The monoisotopic (exact) mass is 277 g/mol. The van der Waals surface area contributed by atoms with Crippen LogP contribution in [-0.2, 0) is 13.0 Å². The second kappa shape index (κ2) is 5.96. The van der Waals surface area contributed by atoms with Crippen LogP contribution in [0.3, 0.4) is 0 Å². The molecule has 2 heteroatoms. The van der Waals surface area contributed by atoms with Gasteiger partial charge < -0.3 is 4.57 Å². The summed E-state index contributed by atoms with van der Waals surface area (Å²) >= 11 is 0. The van der Waals surface area contributed by atoms with Crippen molar-refractivity contribution in [1.82, 2.24) is 4.57 Å². The zero-order valence-corrected chi connectivity index (χ0v) is 12.3. The molecule has 3 aromatic rings. The van der Waals surface area contributed by atoms with Crippen LogP contribution in [0.1, 0.15) is 29.4 Å². The first-order valence-electron chi connectivity index (χ1n) is 7.44. The van der Waals surface area contributed by atoms with Gasteiger partial charge in [-0.1, -0.05) is 42.5 Å². The molecule has 0 N–H and O–H groups in total. The maximum Gasteiger partial charge on any atom is 0.179 e.